The van der Waals surface area contributed by atoms with E-state index in [0.717, 1.165) is 51.2 Å². The molecular formula is C49H66N10O6S. The molecule has 17 heteroatoms. The molecule has 354 valence electrons. The van der Waals surface area contributed by atoms with Crippen LogP contribution < -0.4 is 16.1 Å². The van der Waals surface area contributed by atoms with Crippen molar-refractivity contribution in [1.82, 2.24) is 50.3 Å². The number of ether oxygens (including phenoxy) is 1. The van der Waals surface area contributed by atoms with Crippen LogP contribution in [0, 0.1) is 11.3 Å². The second kappa shape index (κ2) is 19.1. The molecule has 3 N–H and O–H groups in total. The van der Waals surface area contributed by atoms with E-state index >= 15 is 0 Å². The zero-order valence-corrected chi connectivity index (χ0v) is 40.7. The van der Waals surface area contributed by atoms with Crippen molar-refractivity contribution in [2.24, 2.45) is 11.3 Å². The van der Waals surface area contributed by atoms with Gasteiger partial charge in [-0.05, 0) is 74.3 Å². The summed E-state index contributed by atoms with van der Waals surface area (Å²) in [5, 5.41) is 11.3. The lowest BCUT2D eigenvalue weighted by atomic mass is 9.84. The molecule has 4 aliphatic heterocycles. The molecule has 0 radical (unpaired) electrons. The van der Waals surface area contributed by atoms with E-state index in [-0.39, 0.29) is 48.9 Å². The molecule has 6 bridgehead atoms. The SMILES string of the molecule is CCn1c(-c2cccnc2C(C)C)c2c3cc(ccc31)-c1csc(n1)C[C@H](NC(=O)[C@H](C(C)C)N(C)C(=O)N1CC[C@@H](N(C)C(=O)[C@@H]3CN3)C1)C(=O)N1CCC[C@H](N1)C(=O)OCC(C)(C)C2. The fourth-order valence-corrected chi connectivity index (χ4v) is 10.9. The summed E-state index contributed by atoms with van der Waals surface area (Å²) in [7, 11) is 3.39. The molecule has 4 aliphatic rings. The zero-order chi connectivity index (χ0) is 47.2. The maximum absolute atomic E-state index is 14.7. The van der Waals surface area contributed by atoms with Crippen molar-refractivity contribution >= 4 is 52.0 Å². The monoisotopic (exact) mass is 922 g/mol. The number of rotatable bonds is 9. The van der Waals surface area contributed by atoms with E-state index in [1.54, 1.807) is 23.9 Å². The average molecular weight is 923 g/mol. The molecule has 3 saturated heterocycles. The number of fused-ring (bicyclic) bond motifs is 6. The normalized spacial score (nSPS) is 22.6. The van der Waals surface area contributed by atoms with Crippen LogP contribution in [0.4, 0.5) is 4.79 Å². The number of nitrogens with zero attached hydrogens (tertiary/aromatic N) is 7. The number of likely N-dealkylation sites (tertiary alicyclic amines) is 1. The molecular weight excluding hydrogens is 857 g/mol. The highest BCUT2D eigenvalue weighted by atomic mass is 32.1. The lowest BCUT2D eigenvalue weighted by Crippen LogP contribution is -2.62. The number of carbonyl (C=O) groups excluding carboxylic acids is 5. The number of esters is 1. The average Bonchev–Trinajstić information content (AvgIpc) is 3.70. The van der Waals surface area contributed by atoms with Crippen LogP contribution in [0.5, 0.6) is 0 Å². The lowest BCUT2D eigenvalue weighted by Gasteiger charge is -2.37. The maximum Gasteiger partial charge on any atom is 0.324 e. The fraction of sp³-hybridized carbons (Fsp3) is 0.571. The third-order valence-corrected chi connectivity index (χ3v) is 14.5. The first-order valence-electron chi connectivity index (χ1n) is 23.6. The van der Waals surface area contributed by atoms with E-state index in [0.29, 0.717) is 56.9 Å². The number of carbonyl (C=O) groups is 5. The first-order valence-corrected chi connectivity index (χ1v) is 24.5. The quantitative estimate of drug-likeness (QED) is 0.149. The molecule has 0 aliphatic carbocycles. The highest BCUT2D eigenvalue weighted by Crippen LogP contribution is 2.42. The maximum atomic E-state index is 14.7. The van der Waals surface area contributed by atoms with Gasteiger partial charge in [0, 0.05) is 92.3 Å². The van der Waals surface area contributed by atoms with Crippen LogP contribution in [0.1, 0.15) is 89.9 Å². The van der Waals surface area contributed by atoms with Gasteiger partial charge in [-0.25, -0.2) is 15.2 Å². The van der Waals surface area contributed by atoms with Gasteiger partial charge in [0.05, 0.1) is 40.8 Å². The van der Waals surface area contributed by atoms with E-state index < -0.39 is 41.3 Å². The smallest absolute Gasteiger partial charge is 0.324 e. The minimum absolute atomic E-state index is 0.0205. The molecule has 4 aromatic rings. The Balaban J connectivity index is 1.12. The number of urea groups is 1. The fourth-order valence-electron chi connectivity index (χ4n) is 10.0. The number of hydrazine groups is 1. The summed E-state index contributed by atoms with van der Waals surface area (Å²) in [5.74, 6) is -1.42. The molecule has 1 aromatic carbocycles. The zero-order valence-electron chi connectivity index (χ0n) is 39.8. The van der Waals surface area contributed by atoms with Gasteiger partial charge < -0.3 is 34.6 Å². The van der Waals surface area contributed by atoms with E-state index in [9.17, 15) is 24.0 Å². The van der Waals surface area contributed by atoms with Crippen molar-refractivity contribution < 1.29 is 28.7 Å². The Hall–Kier alpha value is -5.39. The molecule has 3 aromatic heterocycles. The number of aryl methyl sites for hydroxylation is 1. The van der Waals surface area contributed by atoms with Gasteiger partial charge in [0.15, 0.2) is 0 Å². The van der Waals surface area contributed by atoms with Gasteiger partial charge in [0.2, 0.25) is 11.8 Å². The Morgan fingerprint density at radius 2 is 1.85 bits per heavy atom. The minimum Gasteiger partial charge on any atom is -0.464 e. The van der Waals surface area contributed by atoms with Crippen LogP contribution in [-0.4, -0.2) is 141 Å². The molecule has 0 spiro atoms. The van der Waals surface area contributed by atoms with Crippen molar-refractivity contribution in [3.05, 3.63) is 58.2 Å². The van der Waals surface area contributed by atoms with Crippen LogP contribution in [0.25, 0.3) is 33.4 Å². The second-order valence-electron chi connectivity index (χ2n) is 19.9. The summed E-state index contributed by atoms with van der Waals surface area (Å²) in [4.78, 5) is 84.7. The number of likely N-dealkylation sites (N-methyl/N-ethyl adjacent to an activating group) is 2. The van der Waals surface area contributed by atoms with E-state index in [2.05, 4.69) is 79.5 Å². The molecule has 8 rings (SSSR count). The molecule has 66 heavy (non-hydrogen) atoms. The number of thiazole rings is 1. The first kappa shape index (κ1) is 47.1. The van der Waals surface area contributed by atoms with Crippen LogP contribution in [0.3, 0.4) is 0 Å². The number of amides is 5. The van der Waals surface area contributed by atoms with E-state index in [1.807, 2.05) is 31.5 Å². The molecule has 16 nitrogen and oxygen atoms in total. The minimum atomic E-state index is -1.07. The lowest BCUT2D eigenvalue weighted by molar-refractivity contribution is -0.155. The number of pyridine rings is 1. The first-order chi connectivity index (χ1) is 31.5. The molecule has 0 unspecified atom stereocenters. The van der Waals surface area contributed by atoms with Gasteiger partial charge in [-0.3, -0.25) is 29.2 Å². The Morgan fingerprint density at radius 3 is 2.56 bits per heavy atom. The van der Waals surface area contributed by atoms with Gasteiger partial charge in [-0.15, -0.1) is 11.3 Å². The van der Waals surface area contributed by atoms with E-state index in [4.69, 9.17) is 14.7 Å². The van der Waals surface area contributed by atoms with Crippen molar-refractivity contribution in [1.29, 1.82) is 0 Å². The highest BCUT2D eigenvalue weighted by Gasteiger charge is 2.42. The Kier molecular flexibility index (Phi) is 13.6. The van der Waals surface area contributed by atoms with Gasteiger partial charge in [0.1, 0.15) is 18.1 Å². The van der Waals surface area contributed by atoms with Crippen LogP contribution in [0.15, 0.2) is 41.9 Å². The number of benzene rings is 1. The van der Waals surface area contributed by atoms with Crippen molar-refractivity contribution in [3.63, 3.8) is 0 Å². The third-order valence-electron chi connectivity index (χ3n) is 13.6. The molecule has 7 heterocycles. The molecule has 5 amide bonds. The largest absolute Gasteiger partial charge is 0.464 e. The number of aromatic nitrogens is 3. The summed E-state index contributed by atoms with van der Waals surface area (Å²) in [6.45, 7) is 17.2. The van der Waals surface area contributed by atoms with Crippen molar-refractivity contribution in [2.75, 3.05) is 46.9 Å². The van der Waals surface area contributed by atoms with Crippen LogP contribution in [-0.2, 0) is 43.3 Å². The van der Waals surface area contributed by atoms with Gasteiger partial charge >= 0.3 is 12.0 Å². The standard InChI is InChI=1S/C49H66N10O6S/c1-10-58-39-16-15-30-21-33(39)34(43(58)32-13-11-18-50-41(32)28(2)3)23-49(6,7)27-65-47(63)35-14-12-19-59(54-35)46(62)36(22-40-52-38(30)26-66-40)53-44(60)42(29(4)5)56(9)48(64)57-20-17-31(25-57)55(8)45(61)37-24-51-37/h11,13,15-16,18,21,26,28-29,31,35-37,42,51,54H,10,12,14,17,19-20,22-25,27H2,1-9H3,(H,53,60)/t31-,35+,36+,37+,42+/m1/s1. The van der Waals surface area contributed by atoms with E-state index in [1.165, 1.54) is 21.2 Å². The van der Waals surface area contributed by atoms with Gasteiger partial charge in [0.25, 0.3) is 5.91 Å². The summed E-state index contributed by atoms with van der Waals surface area (Å²) in [6.07, 6.45) is 4.23. The highest BCUT2D eigenvalue weighted by molar-refractivity contribution is 7.10. The Bertz CT molecular complexity index is 2490. The van der Waals surface area contributed by atoms with Crippen molar-refractivity contribution in [2.45, 2.75) is 123 Å². The summed E-state index contributed by atoms with van der Waals surface area (Å²) >= 11 is 1.42. The topological polar surface area (TPSA) is 184 Å². The number of cyclic esters (lactones) is 1. The Labute approximate surface area is 391 Å². The summed E-state index contributed by atoms with van der Waals surface area (Å²) in [5.41, 5.74) is 9.81. The van der Waals surface area contributed by atoms with Crippen molar-refractivity contribution in [3.8, 4) is 22.5 Å². The van der Waals surface area contributed by atoms with Gasteiger partial charge in [-0.2, -0.15) is 0 Å². The van der Waals surface area contributed by atoms with Crippen LogP contribution in [0.2, 0.25) is 0 Å². The third kappa shape index (κ3) is 9.56. The number of nitrogens with one attached hydrogen (secondary N) is 3. The van der Waals surface area contributed by atoms with Crippen LogP contribution >= 0.6 is 11.3 Å². The number of hydrogen-bond acceptors (Lipinski definition) is 11. The van der Waals surface area contributed by atoms with Gasteiger partial charge in [-0.1, -0.05) is 47.6 Å². The molecule has 0 saturated carbocycles. The Morgan fingerprint density at radius 1 is 1.08 bits per heavy atom. The summed E-state index contributed by atoms with van der Waals surface area (Å²) < 4.78 is 8.48. The molecule has 5 atom stereocenters. The predicted molar refractivity (Wildman–Crippen MR) is 254 cm³/mol. The second-order valence-corrected chi connectivity index (χ2v) is 20.9. The molecule has 3 fully saturated rings. The predicted octanol–water partition coefficient (Wildman–Crippen LogP) is 5.20. The summed E-state index contributed by atoms with van der Waals surface area (Å²) in [6, 6.07) is 7.23. The number of hydrogen-bond donors (Lipinski definition) is 3.